The molecule has 2 aliphatic rings. The molecule has 0 spiro atoms. The van der Waals surface area contributed by atoms with E-state index < -0.39 is 6.17 Å². The third-order valence-corrected chi connectivity index (χ3v) is 2.61. The summed E-state index contributed by atoms with van der Waals surface area (Å²) in [6.07, 6.45) is 2.82. The Bertz CT molecular complexity index is 322. The fourth-order valence-corrected chi connectivity index (χ4v) is 1.86. The summed E-state index contributed by atoms with van der Waals surface area (Å²) < 4.78 is 18.0. The predicted octanol–water partition coefficient (Wildman–Crippen LogP) is 1.66. The van der Waals surface area contributed by atoms with E-state index in [2.05, 4.69) is 4.74 Å². The predicted molar refractivity (Wildman–Crippen MR) is 49.7 cm³/mol. The SMILES string of the molecule is COC(=O)N1CC2=C(C1)C(F)CC=C2. The van der Waals surface area contributed by atoms with Crippen LogP contribution in [0.5, 0.6) is 0 Å². The first kappa shape index (κ1) is 9.24. The number of alkyl halides is 1. The van der Waals surface area contributed by atoms with E-state index in [4.69, 9.17) is 0 Å². The topological polar surface area (TPSA) is 29.5 Å². The highest BCUT2D eigenvalue weighted by molar-refractivity contribution is 5.70. The zero-order valence-electron chi connectivity index (χ0n) is 8.00. The van der Waals surface area contributed by atoms with Crippen molar-refractivity contribution in [2.45, 2.75) is 12.6 Å². The number of carbonyl (C=O) groups excluding carboxylic acids is 1. The summed E-state index contributed by atoms with van der Waals surface area (Å²) in [6, 6.07) is 0. The first-order valence-electron chi connectivity index (χ1n) is 4.58. The van der Waals surface area contributed by atoms with Crippen molar-refractivity contribution in [2.24, 2.45) is 0 Å². The van der Waals surface area contributed by atoms with Crippen LogP contribution in [0.1, 0.15) is 6.42 Å². The second-order valence-electron chi connectivity index (χ2n) is 3.48. The van der Waals surface area contributed by atoms with Crippen molar-refractivity contribution in [2.75, 3.05) is 20.2 Å². The van der Waals surface area contributed by atoms with Gasteiger partial charge in [0.25, 0.3) is 0 Å². The van der Waals surface area contributed by atoms with Gasteiger partial charge in [0.2, 0.25) is 0 Å². The highest BCUT2D eigenvalue weighted by atomic mass is 19.1. The number of hydrogen-bond acceptors (Lipinski definition) is 2. The van der Waals surface area contributed by atoms with Crippen LogP contribution in [0, 0.1) is 0 Å². The Kier molecular flexibility index (Phi) is 2.27. The van der Waals surface area contributed by atoms with Crippen LogP contribution >= 0.6 is 0 Å². The molecule has 0 saturated heterocycles. The van der Waals surface area contributed by atoms with E-state index in [1.807, 2.05) is 12.2 Å². The van der Waals surface area contributed by atoms with Gasteiger partial charge in [-0.1, -0.05) is 12.2 Å². The molecule has 14 heavy (non-hydrogen) atoms. The van der Waals surface area contributed by atoms with Crippen molar-refractivity contribution >= 4 is 6.09 Å². The van der Waals surface area contributed by atoms with Crippen molar-refractivity contribution in [1.82, 2.24) is 4.90 Å². The van der Waals surface area contributed by atoms with E-state index in [1.54, 1.807) is 0 Å². The molecule has 3 nitrogen and oxygen atoms in total. The van der Waals surface area contributed by atoms with Crippen LogP contribution in [0.4, 0.5) is 9.18 Å². The standard InChI is InChI=1S/C10H12FNO2/c1-14-10(13)12-5-7-3-2-4-9(11)8(7)6-12/h2-3,9H,4-6H2,1H3. The monoisotopic (exact) mass is 197 g/mol. The molecule has 1 heterocycles. The molecule has 1 amide bonds. The summed E-state index contributed by atoms with van der Waals surface area (Å²) in [4.78, 5) is 12.7. The minimum atomic E-state index is -0.926. The summed E-state index contributed by atoms with van der Waals surface area (Å²) in [7, 11) is 1.34. The summed E-state index contributed by atoms with van der Waals surface area (Å²) in [5.41, 5.74) is 1.66. The van der Waals surface area contributed by atoms with E-state index in [1.165, 1.54) is 12.0 Å². The molecule has 0 saturated carbocycles. The fourth-order valence-electron chi connectivity index (χ4n) is 1.86. The lowest BCUT2D eigenvalue weighted by Crippen LogP contribution is -2.29. The molecule has 76 valence electrons. The first-order valence-corrected chi connectivity index (χ1v) is 4.58. The average Bonchev–Trinajstić information content (AvgIpc) is 2.62. The molecule has 0 N–H and O–H groups in total. The number of amides is 1. The van der Waals surface area contributed by atoms with E-state index >= 15 is 0 Å². The van der Waals surface area contributed by atoms with Crippen molar-refractivity contribution in [3.05, 3.63) is 23.3 Å². The number of allylic oxidation sites excluding steroid dienone is 1. The van der Waals surface area contributed by atoms with Crippen molar-refractivity contribution in [3.8, 4) is 0 Å². The Hall–Kier alpha value is -1.32. The molecule has 0 radical (unpaired) electrons. The minimum Gasteiger partial charge on any atom is -0.453 e. The lowest BCUT2D eigenvalue weighted by Gasteiger charge is -2.14. The van der Waals surface area contributed by atoms with Crippen LogP contribution in [-0.4, -0.2) is 37.4 Å². The molecular weight excluding hydrogens is 185 g/mol. The maximum atomic E-state index is 13.4. The van der Waals surface area contributed by atoms with Crippen LogP contribution in [0.15, 0.2) is 23.3 Å². The van der Waals surface area contributed by atoms with Crippen molar-refractivity contribution < 1.29 is 13.9 Å². The van der Waals surface area contributed by atoms with E-state index in [0.29, 0.717) is 19.5 Å². The summed E-state index contributed by atoms with van der Waals surface area (Å²) in [5.74, 6) is 0. The molecule has 1 aliphatic heterocycles. The molecule has 2 rings (SSSR count). The average molecular weight is 197 g/mol. The zero-order chi connectivity index (χ0) is 10.1. The molecule has 1 atom stereocenters. The first-order chi connectivity index (χ1) is 6.72. The Labute approximate surface area is 81.8 Å². The van der Waals surface area contributed by atoms with Gasteiger partial charge in [-0.05, 0) is 11.1 Å². The van der Waals surface area contributed by atoms with Gasteiger partial charge in [0, 0.05) is 19.5 Å². The molecule has 0 bridgehead atoms. The number of ether oxygens (including phenoxy) is 1. The fraction of sp³-hybridized carbons (Fsp3) is 0.500. The lowest BCUT2D eigenvalue weighted by atomic mass is 9.99. The van der Waals surface area contributed by atoms with Gasteiger partial charge in [-0.3, -0.25) is 4.90 Å². The Balaban J connectivity index is 2.11. The van der Waals surface area contributed by atoms with Crippen LogP contribution in [-0.2, 0) is 4.74 Å². The largest absolute Gasteiger partial charge is 0.453 e. The maximum Gasteiger partial charge on any atom is 0.410 e. The van der Waals surface area contributed by atoms with Crippen molar-refractivity contribution in [3.63, 3.8) is 0 Å². The summed E-state index contributed by atoms with van der Waals surface area (Å²) in [6.45, 7) is 0.840. The second kappa shape index (κ2) is 3.44. The van der Waals surface area contributed by atoms with Gasteiger partial charge >= 0.3 is 6.09 Å². The molecular formula is C10H12FNO2. The number of methoxy groups -OCH3 is 1. The van der Waals surface area contributed by atoms with Crippen LogP contribution in [0.2, 0.25) is 0 Å². The van der Waals surface area contributed by atoms with Gasteiger partial charge in [-0.25, -0.2) is 9.18 Å². The molecule has 1 unspecified atom stereocenters. The van der Waals surface area contributed by atoms with Crippen LogP contribution in [0.25, 0.3) is 0 Å². The normalized spacial score (nSPS) is 25.3. The van der Waals surface area contributed by atoms with Crippen molar-refractivity contribution in [1.29, 1.82) is 0 Å². The highest BCUT2D eigenvalue weighted by Crippen LogP contribution is 2.29. The number of hydrogen-bond donors (Lipinski definition) is 0. The van der Waals surface area contributed by atoms with Crippen LogP contribution in [0.3, 0.4) is 0 Å². The molecule has 0 aromatic heterocycles. The minimum absolute atomic E-state index is 0.369. The van der Waals surface area contributed by atoms with E-state index in [9.17, 15) is 9.18 Å². The zero-order valence-corrected chi connectivity index (χ0v) is 8.00. The quantitative estimate of drug-likeness (QED) is 0.591. The van der Waals surface area contributed by atoms with Gasteiger partial charge in [0.1, 0.15) is 6.17 Å². The highest BCUT2D eigenvalue weighted by Gasteiger charge is 2.30. The van der Waals surface area contributed by atoms with Gasteiger partial charge in [-0.2, -0.15) is 0 Å². The number of carbonyl (C=O) groups is 1. The molecule has 4 heteroatoms. The van der Waals surface area contributed by atoms with Gasteiger partial charge in [-0.15, -0.1) is 0 Å². The van der Waals surface area contributed by atoms with Gasteiger partial charge < -0.3 is 4.74 Å². The molecule has 0 aromatic carbocycles. The summed E-state index contributed by atoms with van der Waals surface area (Å²) in [5, 5.41) is 0. The van der Waals surface area contributed by atoms with E-state index in [-0.39, 0.29) is 6.09 Å². The third-order valence-electron chi connectivity index (χ3n) is 2.61. The van der Waals surface area contributed by atoms with Gasteiger partial charge in [0.15, 0.2) is 0 Å². The van der Waals surface area contributed by atoms with Crippen LogP contribution < -0.4 is 0 Å². The van der Waals surface area contributed by atoms with Gasteiger partial charge in [0.05, 0.1) is 7.11 Å². The Morgan fingerprint density at radius 1 is 1.64 bits per heavy atom. The number of halogens is 1. The molecule has 1 aliphatic carbocycles. The number of nitrogens with zero attached hydrogens (tertiary/aromatic N) is 1. The Morgan fingerprint density at radius 3 is 3.07 bits per heavy atom. The Morgan fingerprint density at radius 2 is 2.43 bits per heavy atom. The summed E-state index contributed by atoms with van der Waals surface area (Å²) >= 11 is 0. The number of rotatable bonds is 0. The molecule has 0 aromatic rings. The smallest absolute Gasteiger partial charge is 0.410 e. The lowest BCUT2D eigenvalue weighted by molar-refractivity contribution is 0.133. The second-order valence-corrected chi connectivity index (χ2v) is 3.48. The van der Waals surface area contributed by atoms with E-state index in [0.717, 1.165) is 11.1 Å². The maximum absolute atomic E-state index is 13.4. The third kappa shape index (κ3) is 1.41. The molecule has 0 fully saturated rings.